The summed E-state index contributed by atoms with van der Waals surface area (Å²) in [6, 6.07) is 0. The number of nitrogens with zero attached hydrogens (tertiary/aromatic N) is 3. The van der Waals surface area contributed by atoms with E-state index in [9.17, 15) is 0 Å². The molecular weight excluding hydrogens is 200 g/mol. The molecule has 1 N–H and O–H groups in total. The lowest BCUT2D eigenvalue weighted by atomic mass is 10.1. The fourth-order valence-corrected chi connectivity index (χ4v) is 2.94. The molecule has 0 amide bonds. The van der Waals surface area contributed by atoms with Gasteiger partial charge in [0.2, 0.25) is 0 Å². The minimum absolute atomic E-state index is 1.07. The molecule has 0 saturated carbocycles. The Balaban J connectivity index is 1.99. The molecule has 0 spiro atoms. The third-order valence-electron chi connectivity index (χ3n) is 3.69. The van der Waals surface area contributed by atoms with Crippen molar-refractivity contribution in [2.24, 2.45) is 7.05 Å². The normalized spacial score (nSPS) is 20.9. The van der Waals surface area contributed by atoms with Crippen LogP contribution in [0.2, 0.25) is 0 Å². The Labute approximate surface area is 96.6 Å². The maximum Gasteiger partial charge on any atom is 0.130 e. The van der Waals surface area contributed by atoms with Gasteiger partial charge in [0.25, 0.3) is 0 Å². The van der Waals surface area contributed by atoms with Crippen molar-refractivity contribution in [1.29, 1.82) is 0 Å². The lowest BCUT2D eigenvalue weighted by molar-refractivity contribution is 0.674. The Bertz CT molecular complexity index is 377. The smallest absolute Gasteiger partial charge is 0.130 e. The van der Waals surface area contributed by atoms with E-state index < -0.39 is 0 Å². The van der Waals surface area contributed by atoms with Crippen molar-refractivity contribution < 1.29 is 0 Å². The second-order valence-electron chi connectivity index (χ2n) is 4.82. The predicted molar refractivity (Wildman–Crippen MR) is 64.9 cm³/mol. The molecular formula is C12H20N4. The van der Waals surface area contributed by atoms with Gasteiger partial charge in [-0.15, -0.1) is 0 Å². The molecule has 0 aromatic carbocycles. The Kier molecular flexibility index (Phi) is 2.59. The number of hydrogen-bond donors (Lipinski definition) is 1. The topological polar surface area (TPSA) is 33.1 Å². The van der Waals surface area contributed by atoms with Crippen LogP contribution >= 0.6 is 0 Å². The van der Waals surface area contributed by atoms with Crippen molar-refractivity contribution in [3.63, 3.8) is 0 Å². The third kappa shape index (κ3) is 1.61. The summed E-state index contributed by atoms with van der Waals surface area (Å²) in [5, 5.41) is 8.14. The van der Waals surface area contributed by atoms with Crippen LogP contribution < -0.4 is 10.2 Å². The van der Waals surface area contributed by atoms with E-state index in [1.807, 2.05) is 0 Å². The summed E-state index contributed by atoms with van der Waals surface area (Å²) in [5.41, 5.74) is 2.81. The summed E-state index contributed by atoms with van der Waals surface area (Å²) in [5.74, 6) is 1.39. The van der Waals surface area contributed by atoms with E-state index in [0.29, 0.717) is 0 Å². The molecule has 0 aliphatic carbocycles. The highest BCUT2D eigenvalue weighted by molar-refractivity contribution is 5.51. The van der Waals surface area contributed by atoms with Gasteiger partial charge in [-0.2, -0.15) is 5.10 Å². The highest BCUT2D eigenvalue weighted by Crippen LogP contribution is 2.28. The fraction of sp³-hybridized carbons (Fsp3) is 0.750. The van der Waals surface area contributed by atoms with Crippen molar-refractivity contribution in [3.05, 3.63) is 11.3 Å². The minimum atomic E-state index is 1.07. The summed E-state index contributed by atoms with van der Waals surface area (Å²) in [6.07, 6.45) is 4.88. The summed E-state index contributed by atoms with van der Waals surface area (Å²) < 4.78 is 2.10. The van der Waals surface area contributed by atoms with Gasteiger partial charge in [0.15, 0.2) is 0 Å². The monoisotopic (exact) mass is 220 g/mol. The average molecular weight is 220 g/mol. The Morgan fingerprint density at radius 3 is 2.69 bits per heavy atom. The fourth-order valence-electron chi connectivity index (χ4n) is 2.94. The van der Waals surface area contributed by atoms with Gasteiger partial charge >= 0.3 is 0 Å². The zero-order valence-electron chi connectivity index (χ0n) is 10.00. The van der Waals surface area contributed by atoms with Crippen LogP contribution in [0.25, 0.3) is 0 Å². The molecule has 2 aliphatic rings. The molecule has 1 aromatic heterocycles. The van der Waals surface area contributed by atoms with E-state index in [0.717, 1.165) is 25.9 Å². The lowest BCUT2D eigenvalue weighted by Crippen LogP contribution is -2.23. The molecule has 0 atom stereocenters. The number of rotatable bonds is 1. The van der Waals surface area contributed by atoms with Crippen LogP contribution in [0.3, 0.4) is 0 Å². The number of aryl methyl sites for hydroxylation is 1. The van der Waals surface area contributed by atoms with Gasteiger partial charge in [0.1, 0.15) is 5.82 Å². The van der Waals surface area contributed by atoms with Gasteiger partial charge in [-0.25, -0.2) is 0 Å². The zero-order valence-corrected chi connectivity index (χ0v) is 10.00. The van der Waals surface area contributed by atoms with Gasteiger partial charge in [-0.1, -0.05) is 0 Å². The van der Waals surface area contributed by atoms with E-state index in [-0.39, 0.29) is 0 Å². The molecule has 3 heterocycles. The highest BCUT2D eigenvalue weighted by atomic mass is 15.4. The van der Waals surface area contributed by atoms with Gasteiger partial charge in [0.05, 0.1) is 5.69 Å². The molecule has 0 bridgehead atoms. The molecule has 2 aliphatic heterocycles. The van der Waals surface area contributed by atoms with Crippen LogP contribution in [0.1, 0.15) is 24.1 Å². The van der Waals surface area contributed by atoms with Gasteiger partial charge < -0.3 is 10.2 Å². The molecule has 4 nitrogen and oxygen atoms in total. The molecule has 3 rings (SSSR count). The van der Waals surface area contributed by atoms with Crippen molar-refractivity contribution in [2.75, 3.05) is 31.1 Å². The molecule has 4 heteroatoms. The molecule has 1 saturated heterocycles. The van der Waals surface area contributed by atoms with Crippen LogP contribution in [0.4, 0.5) is 5.82 Å². The Morgan fingerprint density at radius 2 is 1.88 bits per heavy atom. The number of anilines is 1. The molecule has 0 radical (unpaired) electrons. The maximum absolute atomic E-state index is 4.69. The van der Waals surface area contributed by atoms with Crippen molar-refractivity contribution in [2.45, 2.75) is 25.7 Å². The van der Waals surface area contributed by atoms with Crippen LogP contribution in [-0.4, -0.2) is 36.0 Å². The van der Waals surface area contributed by atoms with Gasteiger partial charge in [-0.3, -0.25) is 4.68 Å². The molecule has 16 heavy (non-hydrogen) atoms. The van der Waals surface area contributed by atoms with E-state index in [4.69, 9.17) is 5.10 Å². The Morgan fingerprint density at radius 1 is 1.12 bits per heavy atom. The second-order valence-corrected chi connectivity index (χ2v) is 4.82. The SMILES string of the molecule is Cn1nc2c(c1N1CCCC1)CCNCC2. The summed E-state index contributed by atoms with van der Waals surface area (Å²) in [7, 11) is 2.09. The van der Waals surface area contributed by atoms with E-state index in [1.54, 1.807) is 0 Å². The summed E-state index contributed by atoms with van der Waals surface area (Å²) in [6.45, 7) is 4.59. The lowest BCUT2D eigenvalue weighted by Gasteiger charge is -2.19. The molecule has 1 aromatic rings. The first-order chi connectivity index (χ1) is 7.86. The third-order valence-corrected chi connectivity index (χ3v) is 3.69. The van der Waals surface area contributed by atoms with E-state index in [1.165, 1.54) is 43.0 Å². The second kappa shape index (κ2) is 4.09. The van der Waals surface area contributed by atoms with Crippen molar-refractivity contribution in [1.82, 2.24) is 15.1 Å². The standard InChI is InChI=1S/C12H20N4/c1-15-12(16-8-2-3-9-16)10-4-6-13-7-5-11(10)14-15/h13H,2-9H2,1H3. The predicted octanol–water partition coefficient (Wildman–Crippen LogP) is 0.708. The average Bonchev–Trinajstić information content (AvgIpc) is 2.81. The van der Waals surface area contributed by atoms with Crippen LogP contribution in [0.15, 0.2) is 0 Å². The van der Waals surface area contributed by atoms with Gasteiger partial charge in [0, 0.05) is 38.7 Å². The quantitative estimate of drug-likeness (QED) is 0.756. The minimum Gasteiger partial charge on any atom is -0.357 e. The number of nitrogens with one attached hydrogen (secondary N) is 1. The maximum atomic E-state index is 4.69. The first kappa shape index (κ1) is 10.1. The number of hydrogen-bond acceptors (Lipinski definition) is 3. The largest absolute Gasteiger partial charge is 0.357 e. The van der Waals surface area contributed by atoms with Crippen LogP contribution in [0, 0.1) is 0 Å². The van der Waals surface area contributed by atoms with Gasteiger partial charge in [-0.05, 0) is 25.8 Å². The highest BCUT2D eigenvalue weighted by Gasteiger charge is 2.23. The summed E-state index contributed by atoms with van der Waals surface area (Å²) in [4.78, 5) is 2.51. The van der Waals surface area contributed by atoms with E-state index in [2.05, 4.69) is 21.9 Å². The number of aromatic nitrogens is 2. The first-order valence-electron chi connectivity index (χ1n) is 6.36. The first-order valence-corrected chi connectivity index (χ1v) is 6.36. The Hall–Kier alpha value is -1.03. The molecule has 0 unspecified atom stereocenters. The molecule has 1 fully saturated rings. The molecule has 88 valence electrons. The van der Waals surface area contributed by atoms with E-state index >= 15 is 0 Å². The zero-order chi connectivity index (χ0) is 11.0. The summed E-state index contributed by atoms with van der Waals surface area (Å²) >= 11 is 0. The van der Waals surface area contributed by atoms with Crippen LogP contribution in [-0.2, 0) is 19.9 Å². The van der Waals surface area contributed by atoms with Crippen LogP contribution in [0.5, 0.6) is 0 Å². The van der Waals surface area contributed by atoms with Crippen molar-refractivity contribution in [3.8, 4) is 0 Å². The van der Waals surface area contributed by atoms with Crippen molar-refractivity contribution >= 4 is 5.82 Å². The number of fused-ring (bicyclic) bond motifs is 1.